The van der Waals surface area contributed by atoms with Gasteiger partial charge in [0.15, 0.2) is 15.7 Å². The van der Waals surface area contributed by atoms with Gasteiger partial charge in [0, 0.05) is 13.2 Å². The lowest BCUT2D eigenvalue weighted by Gasteiger charge is -2.22. The van der Waals surface area contributed by atoms with E-state index < -0.39 is 9.84 Å². The minimum absolute atomic E-state index is 0.0238. The summed E-state index contributed by atoms with van der Waals surface area (Å²) in [5.74, 6) is 0.115. The first-order valence-electron chi connectivity index (χ1n) is 6.88. The fourth-order valence-corrected chi connectivity index (χ4v) is 4.43. The second-order valence-electron chi connectivity index (χ2n) is 4.83. The van der Waals surface area contributed by atoms with E-state index in [-0.39, 0.29) is 22.6 Å². The van der Waals surface area contributed by atoms with Crippen LogP contribution in [0.15, 0.2) is 4.90 Å². The van der Waals surface area contributed by atoms with Crippen LogP contribution in [0, 0.1) is 0 Å². The Labute approximate surface area is 123 Å². The monoisotopic (exact) mass is 319 g/mol. The third-order valence-electron chi connectivity index (χ3n) is 3.39. The Kier molecular flexibility index (Phi) is 5.22. The molecule has 3 N–H and O–H groups in total. The van der Waals surface area contributed by atoms with Crippen LogP contribution in [0.25, 0.3) is 0 Å². The minimum atomic E-state index is -3.34. The summed E-state index contributed by atoms with van der Waals surface area (Å²) in [7, 11) is -3.34. The van der Waals surface area contributed by atoms with Gasteiger partial charge in [0.25, 0.3) is 0 Å². The average Bonchev–Trinajstić information content (AvgIpc) is 2.82. The van der Waals surface area contributed by atoms with Gasteiger partial charge in [0.2, 0.25) is 0 Å². The van der Waals surface area contributed by atoms with Gasteiger partial charge in [-0.3, -0.25) is 0 Å². The lowest BCUT2D eigenvalue weighted by molar-refractivity contribution is 0.0134. The number of ether oxygens (including phenoxy) is 1. The zero-order valence-electron chi connectivity index (χ0n) is 11.6. The average molecular weight is 319 g/mol. The minimum Gasteiger partial charge on any atom is -0.382 e. The Hall–Kier alpha value is -0.860. The molecule has 1 fully saturated rings. The van der Waals surface area contributed by atoms with Crippen molar-refractivity contribution in [2.45, 2.75) is 43.6 Å². The fraction of sp³-hybridized carbons (Fsp3) is 0.750. The quantitative estimate of drug-likeness (QED) is 0.831. The maximum atomic E-state index is 12.0. The summed E-state index contributed by atoms with van der Waals surface area (Å²) in [5.41, 5.74) is 5.67. The summed E-state index contributed by atoms with van der Waals surface area (Å²) in [6.45, 7) is 3.10. The summed E-state index contributed by atoms with van der Waals surface area (Å²) in [6.07, 6.45) is 4.55. The van der Waals surface area contributed by atoms with Gasteiger partial charge in [-0.2, -0.15) is 4.37 Å². The van der Waals surface area contributed by atoms with Gasteiger partial charge >= 0.3 is 0 Å². The van der Waals surface area contributed by atoms with Crippen molar-refractivity contribution in [2.24, 2.45) is 0 Å². The number of aromatic nitrogens is 1. The largest absolute Gasteiger partial charge is 0.382 e. The molecule has 0 spiro atoms. The Balaban J connectivity index is 1.96. The van der Waals surface area contributed by atoms with Gasteiger partial charge in [-0.1, -0.05) is 6.92 Å². The molecule has 114 valence electrons. The predicted octanol–water partition coefficient (Wildman–Crippen LogP) is 1.89. The van der Waals surface area contributed by atoms with Crippen LogP contribution in [0.1, 0.15) is 32.6 Å². The van der Waals surface area contributed by atoms with E-state index in [4.69, 9.17) is 10.5 Å². The topological polar surface area (TPSA) is 94.3 Å². The Morgan fingerprint density at radius 1 is 1.50 bits per heavy atom. The number of nitrogens with two attached hydrogens (primary N) is 1. The number of rotatable bonds is 6. The number of hydrogen-bond acceptors (Lipinski definition) is 7. The molecule has 1 aromatic heterocycles. The van der Waals surface area contributed by atoms with Crippen LogP contribution in [-0.4, -0.2) is 37.8 Å². The molecule has 0 radical (unpaired) electrons. The van der Waals surface area contributed by atoms with Crippen molar-refractivity contribution < 1.29 is 13.2 Å². The van der Waals surface area contributed by atoms with E-state index in [0.717, 1.165) is 37.4 Å². The zero-order valence-corrected chi connectivity index (χ0v) is 13.2. The Bertz CT molecular complexity index is 536. The lowest BCUT2D eigenvalue weighted by atomic mass is 10.1. The van der Waals surface area contributed by atoms with E-state index in [2.05, 4.69) is 9.69 Å². The summed E-state index contributed by atoms with van der Waals surface area (Å²) in [4.78, 5) is 0.148. The summed E-state index contributed by atoms with van der Waals surface area (Å²) >= 11 is 1.10. The van der Waals surface area contributed by atoms with Crippen molar-refractivity contribution in [3.8, 4) is 0 Å². The lowest BCUT2D eigenvalue weighted by Crippen LogP contribution is -2.22. The maximum Gasteiger partial charge on any atom is 0.184 e. The third-order valence-corrected chi connectivity index (χ3v) is 6.13. The molecule has 0 amide bonds. The summed E-state index contributed by atoms with van der Waals surface area (Å²) in [5, 5.41) is 3.68. The highest BCUT2D eigenvalue weighted by Crippen LogP contribution is 2.32. The van der Waals surface area contributed by atoms with E-state index in [1.54, 1.807) is 6.92 Å². The normalized spacial score (nSPS) is 19.9. The molecule has 6 nitrogen and oxygen atoms in total. The van der Waals surface area contributed by atoms with E-state index in [1.165, 1.54) is 6.42 Å². The number of nitrogen functional groups attached to an aromatic ring is 1. The molecule has 1 aliphatic heterocycles. The van der Waals surface area contributed by atoms with Crippen LogP contribution in [0.3, 0.4) is 0 Å². The third kappa shape index (κ3) is 3.62. The highest BCUT2D eigenvalue weighted by atomic mass is 32.2. The number of sulfone groups is 1. The predicted molar refractivity (Wildman–Crippen MR) is 81.0 cm³/mol. The van der Waals surface area contributed by atoms with Crippen molar-refractivity contribution in [2.75, 3.05) is 30.0 Å². The van der Waals surface area contributed by atoms with Crippen molar-refractivity contribution >= 4 is 32.2 Å². The van der Waals surface area contributed by atoms with Gasteiger partial charge < -0.3 is 15.8 Å². The van der Waals surface area contributed by atoms with Crippen molar-refractivity contribution in [3.63, 3.8) is 0 Å². The van der Waals surface area contributed by atoms with Crippen LogP contribution in [0.4, 0.5) is 10.8 Å². The number of nitrogens with zero attached hydrogens (tertiary/aromatic N) is 1. The van der Waals surface area contributed by atoms with Crippen molar-refractivity contribution in [1.29, 1.82) is 0 Å². The van der Waals surface area contributed by atoms with Crippen molar-refractivity contribution in [3.05, 3.63) is 0 Å². The molecule has 2 rings (SSSR count). The fourth-order valence-electron chi connectivity index (χ4n) is 2.23. The smallest absolute Gasteiger partial charge is 0.184 e. The van der Waals surface area contributed by atoms with E-state index >= 15 is 0 Å². The van der Waals surface area contributed by atoms with E-state index in [1.807, 2.05) is 0 Å². The highest BCUT2D eigenvalue weighted by molar-refractivity contribution is 7.91. The van der Waals surface area contributed by atoms with Gasteiger partial charge in [0.05, 0.1) is 11.9 Å². The zero-order chi connectivity index (χ0) is 14.6. The number of anilines is 2. The molecule has 2 heterocycles. The molecule has 1 unspecified atom stereocenters. The number of hydrogen-bond donors (Lipinski definition) is 2. The molecule has 0 aliphatic carbocycles. The number of nitrogens with one attached hydrogen (secondary N) is 1. The molecule has 0 aromatic carbocycles. The summed E-state index contributed by atoms with van der Waals surface area (Å²) in [6, 6.07) is 0. The molecule has 20 heavy (non-hydrogen) atoms. The maximum absolute atomic E-state index is 12.0. The molecule has 0 saturated carbocycles. The first kappa shape index (κ1) is 15.5. The van der Waals surface area contributed by atoms with Gasteiger partial charge in [-0.15, -0.1) is 0 Å². The highest BCUT2D eigenvalue weighted by Gasteiger charge is 2.24. The molecule has 1 atom stereocenters. The van der Waals surface area contributed by atoms with Crippen molar-refractivity contribution in [1.82, 2.24) is 4.37 Å². The van der Waals surface area contributed by atoms with Gasteiger partial charge in [0.1, 0.15) is 9.90 Å². The van der Waals surface area contributed by atoms with Gasteiger partial charge in [-0.05, 0) is 37.2 Å². The van der Waals surface area contributed by atoms with Crippen LogP contribution in [0.5, 0.6) is 0 Å². The molecule has 1 aliphatic rings. The first-order chi connectivity index (χ1) is 9.54. The molecular weight excluding hydrogens is 298 g/mol. The van der Waals surface area contributed by atoms with E-state index in [0.29, 0.717) is 11.5 Å². The standard InChI is InChI=1S/C12H21N3O3S2/c1-2-20(16,17)10-11(13)15-19-12(10)14-7-6-9-5-3-4-8-18-9/h9,14H,2-8H2,1H3,(H2,13,15). The molecule has 0 bridgehead atoms. The first-order valence-corrected chi connectivity index (χ1v) is 9.30. The summed E-state index contributed by atoms with van der Waals surface area (Å²) < 4.78 is 33.6. The second-order valence-corrected chi connectivity index (χ2v) is 7.82. The second kappa shape index (κ2) is 6.73. The SMILES string of the molecule is CCS(=O)(=O)c1c(N)nsc1NCCC1CCCCO1. The van der Waals surface area contributed by atoms with Gasteiger partial charge in [-0.25, -0.2) is 8.42 Å². The Morgan fingerprint density at radius 3 is 2.95 bits per heavy atom. The Morgan fingerprint density at radius 2 is 2.30 bits per heavy atom. The molecule has 1 aromatic rings. The van der Waals surface area contributed by atoms with Crippen LogP contribution < -0.4 is 11.1 Å². The van der Waals surface area contributed by atoms with Crippen LogP contribution >= 0.6 is 11.5 Å². The molecular formula is C12H21N3O3S2. The van der Waals surface area contributed by atoms with Crippen LogP contribution in [0.2, 0.25) is 0 Å². The molecule has 8 heteroatoms. The van der Waals surface area contributed by atoms with Crippen LogP contribution in [-0.2, 0) is 14.6 Å². The van der Waals surface area contributed by atoms with E-state index in [9.17, 15) is 8.42 Å². The molecule has 1 saturated heterocycles.